The van der Waals surface area contributed by atoms with Crippen molar-refractivity contribution in [3.63, 3.8) is 0 Å². The van der Waals surface area contributed by atoms with Crippen LogP contribution in [0.4, 0.5) is 10.1 Å². The van der Waals surface area contributed by atoms with Crippen LogP contribution in [-0.4, -0.2) is 5.91 Å². The fourth-order valence-electron chi connectivity index (χ4n) is 1.68. The second kappa shape index (κ2) is 5.84. The smallest absolute Gasteiger partial charge is 0.256 e. The zero-order chi connectivity index (χ0) is 14.0. The van der Waals surface area contributed by atoms with Crippen LogP contribution in [0.25, 0.3) is 0 Å². The summed E-state index contributed by atoms with van der Waals surface area (Å²) in [5.74, 6) is -0.803. The Hall–Kier alpha value is -1.20. The molecule has 1 amide bonds. The largest absolute Gasteiger partial charge is 0.322 e. The number of carbonyl (C=O) groups excluding carboxylic acids is 1. The number of hydrogen-bond acceptors (Lipinski definition) is 1. The van der Waals surface area contributed by atoms with Gasteiger partial charge in [-0.15, -0.1) is 0 Å². The number of nitrogens with one attached hydrogen (secondary N) is 1. The minimum atomic E-state index is -0.446. The van der Waals surface area contributed by atoms with Crippen molar-refractivity contribution in [1.82, 2.24) is 0 Å². The highest BCUT2D eigenvalue weighted by Gasteiger charge is 2.11. The van der Waals surface area contributed by atoms with Crippen LogP contribution in [0.1, 0.15) is 15.9 Å². The molecule has 0 aliphatic carbocycles. The first-order chi connectivity index (χ1) is 8.95. The zero-order valence-electron chi connectivity index (χ0n) is 10.0. The number of benzene rings is 2. The Morgan fingerprint density at radius 3 is 2.58 bits per heavy atom. The summed E-state index contributed by atoms with van der Waals surface area (Å²) in [6.07, 6.45) is 0. The van der Waals surface area contributed by atoms with Crippen molar-refractivity contribution in [2.24, 2.45) is 0 Å². The molecule has 2 nitrogen and oxygen atoms in total. The average molecular weight is 387 g/mol. The van der Waals surface area contributed by atoms with Gasteiger partial charge in [-0.25, -0.2) is 4.39 Å². The summed E-state index contributed by atoms with van der Waals surface area (Å²) in [7, 11) is 0. The Kier molecular flexibility index (Phi) is 4.37. The van der Waals surface area contributed by atoms with Crippen molar-refractivity contribution in [1.29, 1.82) is 0 Å². The maximum absolute atomic E-state index is 13.2. The summed E-state index contributed by atoms with van der Waals surface area (Å²) in [5, 5.41) is 2.74. The summed E-state index contributed by atoms with van der Waals surface area (Å²) in [6, 6.07) is 9.58. The number of halogens is 3. The second-order valence-corrected chi connectivity index (χ2v) is 5.87. The molecule has 19 heavy (non-hydrogen) atoms. The van der Waals surface area contributed by atoms with Gasteiger partial charge in [-0.1, -0.05) is 15.9 Å². The minimum Gasteiger partial charge on any atom is -0.322 e. The van der Waals surface area contributed by atoms with Crippen LogP contribution < -0.4 is 5.32 Å². The monoisotopic (exact) mass is 385 g/mol. The van der Waals surface area contributed by atoms with Crippen LogP contribution in [0.5, 0.6) is 0 Å². The number of amides is 1. The van der Waals surface area contributed by atoms with Crippen LogP contribution in [0.15, 0.2) is 45.3 Å². The van der Waals surface area contributed by atoms with Gasteiger partial charge in [0.2, 0.25) is 0 Å². The molecule has 2 aromatic carbocycles. The molecule has 0 spiro atoms. The van der Waals surface area contributed by atoms with Gasteiger partial charge in [0.1, 0.15) is 5.82 Å². The van der Waals surface area contributed by atoms with Gasteiger partial charge < -0.3 is 5.32 Å². The third-order valence-corrected chi connectivity index (χ3v) is 3.62. The van der Waals surface area contributed by atoms with E-state index in [-0.39, 0.29) is 11.5 Å². The van der Waals surface area contributed by atoms with Gasteiger partial charge in [0.25, 0.3) is 5.91 Å². The van der Waals surface area contributed by atoms with Gasteiger partial charge in [-0.05, 0) is 64.8 Å². The van der Waals surface area contributed by atoms with E-state index < -0.39 is 5.82 Å². The predicted octanol–water partition coefficient (Wildman–Crippen LogP) is 4.91. The van der Waals surface area contributed by atoms with E-state index in [1.165, 1.54) is 18.2 Å². The fourth-order valence-corrected chi connectivity index (χ4v) is 2.71. The van der Waals surface area contributed by atoms with Gasteiger partial charge in [0, 0.05) is 14.6 Å². The second-order valence-electron chi connectivity index (χ2n) is 4.10. The molecule has 5 heteroatoms. The van der Waals surface area contributed by atoms with E-state index in [0.717, 1.165) is 10.0 Å². The molecule has 0 heterocycles. The highest BCUT2D eigenvalue weighted by molar-refractivity contribution is 9.10. The molecule has 0 saturated heterocycles. The third-order valence-electron chi connectivity index (χ3n) is 2.47. The molecule has 0 aliphatic heterocycles. The van der Waals surface area contributed by atoms with Gasteiger partial charge in [0.05, 0.1) is 5.56 Å². The lowest BCUT2D eigenvalue weighted by molar-refractivity contribution is 0.102. The molecule has 0 aromatic heterocycles. The van der Waals surface area contributed by atoms with Gasteiger partial charge in [-0.2, -0.15) is 0 Å². The molecule has 98 valence electrons. The summed E-state index contributed by atoms with van der Waals surface area (Å²) in [4.78, 5) is 12.1. The molecule has 0 saturated carbocycles. The van der Waals surface area contributed by atoms with Crippen molar-refractivity contribution >= 4 is 43.5 Å². The Labute approximate surface area is 127 Å². The lowest BCUT2D eigenvalue weighted by atomic mass is 10.2. The van der Waals surface area contributed by atoms with Gasteiger partial charge >= 0.3 is 0 Å². The van der Waals surface area contributed by atoms with E-state index in [1.54, 1.807) is 6.07 Å². The number of carbonyl (C=O) groups is 1. The average Bonchev–Trinajstić information content (AvgIpc) is 2.30. The summed E-state index contributed by atoms with van der Waals surface area (Å²) >= 11 is 6.60. The molecule has 2 aromatic rings. The maximum atomic E-state index is 13.2. The molecular weight excluding hydrogens is 377 g/mol. The third kappa shape index (κ3) is 3.64. The van der Waals surface area contributed by atoms with Crippen molar-refractivity contribution in [3.8, 4) is 0 Å². The molecule has 0 radical (unpaired) electrons. The molecule has 2 rings (SSSR count). The van der Waals surface area contributed by atoms with Crippen molar-refractivity contribution in [2.75, 3.05) is 5.32 Å². The quantitative estimate of drug-likeness (QED) is 0.780. The Bertz CT molecular complexity index is 623. The van der Waals surface area contributed by atoms with Gasteiger partial charge in [-0.3, -0.25) is 4.79 Å². The first kappa shape index (κ1) is 14.2. The maximum Gasteiger partial charge on any atom is 0.256 e. The van der Waals surface area contributed by atoms with E-state index in [1.807, 2.05) is 19.1 Å². The van der Waals surface area contributed by atoms with Crippen molar-refractivity contribution in [2.45, 2.75) is 6.92 Å². The number of anilines is 1. The number of rotatable bonds is 2. The Morgan fingerprint density at radius 2 is 1.89 bits per heavy atom. The van der Waals surface area contributed by atoms with Crippen LogP contribution in [0.3, 0.4) is 0 Å². The standard InChI is InChI=1S/C14H10Br2FNO/c1-8-4-9(15)6-11(5-8)18-14(19)12-7-10(17)2-3-13(12)16/h2-7H,1H3,(H,18,19). The van der Waals surface area contributed by atoms with E-state index in [4.69, 9.17) is 0 Å². The topological polar surface area (TPSA) is 29.1 Å². The van der Waals surface area contributed by atoms with E-state index in [9.17, 15) is 9.18 Å². The molecule has 0 atom stereocenters. The summed E-state index contributed by atoms with van der Waals surface area (Å²) in [5.41, 5.74) is 1.94. The zero-order valence-corrected chi connectivity index (χ0v) is 13.2. The molecular formula is C14H10Br2FNO. The first-order valence-electron chi connectivity index (χ1n) is 5.49. The highest BCUT2D eigenvalue weighted by atomic mass is 79.9. The fraction of sp³-hybridized carbons (Fsp3) is 0.0714. The molecule has 0 unspecified atom stereocenters. The number of hydrogen-bond donors (Lipinski definition) is 1. The normalized spacial score (nSPS) is 10.3. The SMILES string of the molecule is Cc1cc(Br)cc(NC(=O)c2cc(F)ccc2Br)c1. The lowest BCUT2D eigenvalue weighted by Gasteiger charge is -2.08. The van der Waals surface area contributed by atoms with E-state index in [2.05, 4.69) is 37.2 Å². The minimum absolute atomic E-state index is 0.262. The molecule has 1 N–H and O–H groups in total. The van der Waals surface area contributed by atoms with E-state index >= 15 is 0 Å². The molecule has 0 aliphatic rings. The summed E-state index contributed by atoms with van der Waals surface area (Å²) in [6.45, 7) is 1.93. The first-order valence-corrected chi connectivity index (χ1v) is 7.08. The van der Waals surface area contributed by atoms with Crippen LogP contribution >= 0.6 is 31.9 Å². The van der Waals surface area contributed by atoms with Gasteiger partial charge in [0.15, 0.2) is 0 Å². The Balaban J connectivity index is 2.28. The van der Waals surface area contributed by atoms with Crippen molar-refractivity contribution < 1.29 is 9.18 Å². The highest BCUT2D eigenvalue weighted by Crippen LogP contribution is 2.22. The van der Waals surface area contributed by atoms with Crippen LogP contribution in [-0.2, 0) is 0 Å². The van der Waals surface area contributed by atoms with Crippen molar-refractivity contribution in [3.05, 3.63) is 62.3 Å². The lowest BCUT2D eigenvalue weighted by Crippen LogP contribution is -2.13. The van der Waals surface area contributed by atoms with E-state index in [0.29, 0.717) is 10.2 Å². The number of aryl methyl sites for hydroxylation is 1. The van der Waals surface area contributed by atoms with Crippen LogP contribution in [0, 0.1) is 12.7 Å². The summed E-state index contributed by atoms with van der Waals surface area (Å²) < 4.78 is 14.6. The molecule has 0 bridgehead atoms. The Morgan fingerprint density at radius 1 is 1.16 bits per heavy atom. The predicted molar refractivity (Wildman–Crippen MR) is 80.9 cm³/mol. The van der Waals surface area contributed by atoms with Crippen LogP contribution in [0.2, 0.25) is 0 Å². The molecule has 0 fully saturated rings.